The van der Waals surface area contributed by atoms with E-state index in [9.17, 15) is 17.6 Å². The predicted molar refractivity (Wildman–Crippen MR) is 91.6 cm³/mol. The molecule has 0 aliphatic rings. The third kappa shape index (κ3) is 3.78. The maximum absolute atomic E-state index is 13.0. The van der Waals surface area contributed by atoms with E-state index in [0.717, 1.165) is 12.1 Å². The van der Waals surface area contributed by atoms with Crippen molar-refractivity contribution in [2.75, 3.05) is 23.9 Å². The molecule has 142 valence electrons. The van der Waals surface area contributed by atoms with Gasteiger partial charge in [0.2, 0.25) is 0 Å². The van der Waals surface area contributed by atoms with Crippen LogP contribution in [0.2, 0.25) is 0 Å². The van der Waals surface area contributed by atoms with Gasteiger partial charge in [-0.3, -0.25) is 0 Å². The van der Waals surface area contributed by atoms with Crippen molar-refractivity contribution in [1.82, 2.24) is 14.6 Å². The molecule has 1 aromatic carbocycles. The molecule has 0 fully saturated rings. The van der Waals surface area contributed by atoms with Crippen LogP contribution in [-0.4, -0.2) is 27.8 Å². The molecule has 0 bridgehead atoms. The Kier molecular flexibility index (Phi) is 5.00. The van der Waals surface area contributed by atoms with Crippen LogP contribution in [0.1, 0.15) is 16.8 Å². The molecule has 3 aromatic rings. The molecule has 3 rings (SSSR count). The van der Waals surface area contributed by atoms with E-state index in [1.165, 1.54) is 22.8 Å². The van der Waals surface area contributed by atoms with E-state index in [0.29, 0.717) is 5.69 Å². The van der Waals surface area contributed by atoms with E-state index in [1.807, 2.05) is 6.07 Å². The van der Waals surface area contributed by atoms with Gasteiger partial charge < -0.3 is 10.6 Å². The van der Waals surface area contributed by atoms with Crippen LogP contribution in [0.3, 0.4) is 0 Å². The smallest absolute Gasteiger partial charge is 0.379 e. The molecule has 2 heterocycles. The Hall–Kier alpha value is -3.86. The lowest BCUT2D eigenvalue weighted by Gasteiger charge is -2.13. The highest BCUT2D eigenvalue weighted by molar-refractivity contribution is 5.73. The fourth-order valence-corrected chi connectivity index (χ4v) is 2.49. The number of nitriles is 2. The first kappa shape index (κ1) is 18.9. The molecule has 11 heteroatoms. The largest absolute Gasteiger partial charge is 0.416 e. The van der Waals surface area contributed by atoms with Crippen LogP contribution in [0.4, 0.5) is 34.8 Å². The van der Waals surface area contributed by atoms with Crippen LogP contribution in [-0.2, 0) is 6.18 Å². The van der Waals surface area contributed by atoms with E-state index in [2.05, 4.69) is 20.7 Å². The first-order chi connectivity index (χ1) is 13.4. The highest BCUT2D eigenvalue weighted by Gasteiger charge is 2.31. The monoisotopic (exact) mass is 389 g/mol. The lowest BCUT2D eigenvalue weighted by atomic mass is 10.1. The van der Waals surface area contributed by atoms with Gasteiger partial charge in [-0.05, 0) is 18.2 Å². The number of rotatable bonds is 5. The molecule has 2 N–H and O–H groups in total. The summed E-state index contributed by atoms with van der Waals surface area (Å²) in [7, 11) is 0. The van der Waals surface area contributed by atoms with Gasteiger partial charge in [0.05, 0.1) is 29.1 Å². The van der Waals surface area contributed by atoms with Crippen molar-refractivity contribution in [2.24, 2.45) is 0 Å². The molecule has 7 nitrogen and oxygen atoms in total. The average molecular weight is 389 g/mol. The van der Waals surface area contributed by atoms with E-state index < -0.39 is 18.4 Å². The number of nitrogens with one attached hydrogen (secondary N) is 2. The molecule has 0 aliphatic carbocycles. The van der Waals surface area contributed by atoms with Crippen molar-refractivity contribution in [1.29, 1.82) is 10.5 Å². The summed E-state index contributed by atoms with van der Waals surface area (Å²) in [6, 6.07) is 7.79. The Balaban J connectivity index is 2.07. The molecule has 0 unspecified atom stereocenters. The fourth-order valence-electron chi connectivity index (χ4n) is 2.49. The lowest BCUT2D eigenvalue weighted by Crippen LogP contribution is -2.09. The summed E-state index contributed by atoms with van der Waals surface area (Å²) in [6.45, 7) is -0.696. The predicted octanol–water partition coefficient (Wildman–Crippen LogP) is 3.62. The first-order valence-electron chi connectivity index (χ1n) is 7.84. The maximum atomic E-state index is 13.0. The topological polar surface area (TPSA) is 102 Å². The van der Waals surface area contributed by atoms with Gasteiger partial charge >= 0.3 is 6.18 Å². The Morgan fingerprint density at radius 3 is 2.54 bits per heavy atom. The Labute approximate surface area is 155 Å². The highest BCUT2D eigenvalue weighted by Crippen LogP contribution is 2.33. The van der Waals surface area contributed by atoms with Crippen molar-refractivity contribution in [3.8, 4) is 12.1 Å². The number of hydrogen-bond donors (Lipinski definition) is 2. The van der Waals surface area contributed by atoms with Gasteiger partial charge in [0.15, 0.2) is 17.2 Å². The van der Waals surface area contributed by atoms with Crippen LogP contribution in [0.5, 0.6) is 0 Å². The number of hydrogen-bond acceptors (Lipinski definition) is 6. The summed E-state index contributed by atoms with van der Waals surface area (Å²) < 4.78 is 52.8. The Morgan fingerprint density at radius 1 is 1.11 bits per heavy atom. The normalized spacial score (nSPS) is 11.1. The van der Waals surface area contributed by atoms with Crippen LogP contribution in [0, 0.1) is 22.7 Å². The van der Waals surface area contributed by atoms with E-state index in [-0.39, 0.29) is 35.0 Å². The van der Waals surface area contributed by atoms with Crippen molar-refractivity contribution >= 4 is 22.8 Å². The van der Waals surface area contributed by atoms with E-state index in [4.69, 9.17) is 10.5 Å². The maximum Gasteiger partial charge on any atom is 0.416 e. The zero-order chi connectivity index (χ0) is 20.3. The molecule has 2 aromatic heterocycles. The zero-order valence-electron chi connectivity index (χ0n) is 14.0. The summed E-state index contributed by atoms with van der Waals surface area (Å²) in [5.41, 5.74) is -0.515. The number of benzene rings is 1. The average Bonchev–Trinajstić information content (AvgIpc) is 3.08. The summed E-state index contributed by atoms with van der Waals surface area (Å²) >= 11 is 0. The number of anilines is 3. The van der Waals surface area contributed by atoms with Crippen LogP contribution >= 0.6 is 0 Å². The first-order valence-corrected chi connectivity index (χ1v) is 7.84. The van der Waals surface area contributed by atoms with Crippen molar-refractivity contribution in [2.45, 2.75) is 6.18 Å². The fraction of sp³-hybridized carbons (Fsp3) is 0.176. The molecule has 28 heavy (non-hydrogen) atoms. The minimum absolute atomic E-state index is 0.0201. The number of alkyl halides is 4. The van der Waals surface area contributed by atoms with Crippen molar-refractivity contribution in [3.63, 3.8) is 0 Å². The summed E-state index contributed by atoms with van der Waals surface area (Å²) in [5.74, 6) is 0.0755. The lowest BCUT2D eigenvalue weighted by molar-refractivity contribution is -0.137. The molecule has 0 amide bonds. The molecule has 0 saturated carbocycles. The second-order valence-electron chi connectivity index (χ2n) is 5.58. The van der Waals surface area contributed by atoms with Gasteiger partial charge in [0.1, 0.15) is 12.7 Å². The molecular formula is C17H11F4N7. The molecule has 0 aliphatic heterocycles. The van der Waals surface area contributed by atoms with Crippen molar-refractivity contribution in [3.05, 3.63) is 47.3 Å². The highest BCUT2D eigenvalue weighted by atomic mass is 19.4. The summed E-state index contributed by atoms with van der Waals surface area (Å²) in [6.07, 6.45) is -3.36. The van der Waals surface area contributed by atoms with Gasteiger partial charge in [-0.1, -0.05) is 0 Å². The summed E-state index contributed by atoms with van der Waals surface area (Å²) in [4.78, 5) is 4.04. The van der Waals surface area contributed by atoms with Crippen LogP contribution in [0.15, 0.2) is 30.5 Å². The van der Waals surface area contributed by atoms with Crippen molar-refractivity contribution < 1.29 is 17.6 Å². The third-order valence-corrected chi connectivity index (χ3v) is 3.65. The van der Waals surface area contributed by atoms with Gasteiger partial charge in [-0.25, -0.2) is 9.37 Å². The molecular weight excluding hydrogens is 378 g/mol. The van der Waals surface area contributed by atoms with Gasteiger partial charge in [0, 0.05) is 18.3 Å². The van der Waals surface area contributed by atoms with Crippen LogP contribution in [0.25, 0.3) is 5.65 Å². The number of nitrogens with zero attached hydrogens (tertiary/aromatic N) is 5. The van der Waals surface area contributed by atoms with Gasteiger partial charge in [0.25, 0.3) is 0 Å². The molecule has 0 atom stereocenters. The van der Waals surface area contributed by atoms with E-state index >= 15 is 0 Å². The molecule has 0 saturated heterocycles. The number of fused-ring (bicyclic) bond motifs is 1. The third-order valence-electron chi connectivity index (χ3n) is 3.65. The molecule has 0 spiro atoms. The van der Waals surface area contributed by atoms with E-state index in [1.54, 1.807) is 6.07 Å². The Morgan fingerprint density at radius 2 is 1.89 bits per heavy atom. The Bertz CT molecular complexity index is 1110. The molecule has 0 radical (unpaired) electrons. The minimum atomic E-state index is -4.63. The summed E-state index contributed by atoms with van der Waals surface area (Å²) in [5, 5.41) is 27.7. The van der Waals surface area contributed by atoms with Crippen LogP contribution < -0.4 is 10.6 Å². The number of aromatic nitrogens is 3. The SMILES string of the molecule is N#Cc1cc(Nc2cc(NCCF)c3ncc(C#N)n3n2)cc(C(F)(F)F)c1. The quantitative estimate of drug-likeness (QED) is 0.647. The minimum Gasteiger partial charge on any atom is -0.379 e. The zero-order valence-corrected chi connectivity index (χ0v) is 14.0. The van der Waals surface area contributed by atoms with Gasteiger partial charge in [-0.2, -0.15) is 28.2 Å². The second-order valence-corrected chi connectivity index (χ2v) is 5.58. The second kappa shape index (κ2) is 7.40. The number of halogens is 4. The number of imidazole rings is 1. The van der Waals surface area contributed by atoms with Gasteiger partial charge in [-0.15, -0.1) is 5.10 Å². The standard InChI is InChI=1S/C17H11F4N7/c18-1-2-24-14-6-15(27-28-13(8-23)9-25-16(14)28)26-12-4-10(7-22)3-11(5-12)17(19,20)21/h3-6,9,24H,1-2H2,(H,26,27).